The smallest absolute Gasteiger partial charge is 0.324 e. The average Bonchev–Trinajstić information content (AvgIpc) is 2.14. The van der Waals surface area contributed by atoms with Crippen molar-refractivity contribution in [3.05, 3.63) is 0 Å². The average molecular weight is 239 g/mol. The molecule has 1 N–H and O–H groups in total. The van der Waals surface area contributed by atoms with Crippen LogP contribution in [0, 0.1) is 5.41 Å². The quantitative estimate of drug-likeness (QED) is 0.703. The molecule has 0 aromatic rings. The van der Waals surface area contributed by atoms with Crippen LogP contribution in [-0.4, -0.2) is 29.9 Å². The summed E-state index contributed by atoms with van der Waals surface area (Å²) in [4.78, 5) is 23.3. The maximum Gasteiger partial charge on any atom is 0.324 e. The van der Waals surface area contributed by atoms with Gasteiger partial charge in [-0.1, -0.05) is 0 Å². The van der Waals surface area contributed by atoms with Crippen molar-refractivity contribution in [2.45, 2.75) is 58.1 Å². The second-order valence-corrected chi connectivity index (χ2v) is 6.25. The minimum Gasteiger partial charge on any atom is -0.459 e. The number of hydrogen-bond acceptors (Lipinski definition) is 4. The van der Waals surface area contributed by atoms with E-state index in [0.717, 1.165) is 19.4 Å². The molecule has 0 aromatic heterocycles. The number of esters is 1. The first-order valence-electron chi connectivity index (χ1n) is 6.30. The number of rotatable bonds is 1. The molecule has 96 valence electrons. The van der Waals surface area contributed by atoms with Crippen LogP contribution in [0.2, 0.25) is 0 Å². The predicted octanol–water partition coefficient (Wildman–Crippen LogP) is 1.43. The Morgan fingerprint density at radius 1 is 1.35 bits per heavy atom. The van der Waals surface area contributed by atoms with Crippen LogP contribution in [-0.2, 0) is 14.3 Å². The van der Waals surface area contributed by atoms with E-state index in [0.29, 0.717) is 18.6 Å². The van der Waals surface area contributed by atoms with E-state index in [2.05, 4.69) is 5.32 Å². The molecule has 1 saturated heterocycles. The van der Waals surface area contributed by atoms with Crippen molar-refractivity contribution in [2.24, 2.45) is 5.41 Å². The van der Waals surface area contributed by atoms with Crippen LogP contribution in [0.4, 0.5) is 0 Å². The molecule has 2 aliphatic rings. The molecule has 0 radical (unpaired) electrons. The highest BCUT2D eigenvalue weighted by molar-refractivity contribution is 5.82. The summed E-state index contributed by atoms with van der Waals surface area (Å²) in [5, 5.41) is 3.16. The number of nitrogens with one attached hydrogen (secondary N) is 1. The fourth-order valence-electron chi connectivity index (χ4n) is 2.68. The fourth-order valence-corrected chi connectivity index (χ4v) is 2.68. The third kappa shape index (κ3) is 2.51. The topological polar surface area (TPSA) is 55.4 Å². The van der Waals surface area contributed by atoms with Gasteiger partial charge in [0.05, 0.1) is 0 Å². The zero-order chi connectivity index (χ0) is 12.7. The molecule has 1 heterocycles. The van der Waals surface area contributed by atoms with E-state index in [9.17, 15) is 9.59 Å². The molecule has 2 rings (SSSR count). The van der Waals surface area contributed by atoms with Gasteiger partial charge in [0.15, 0.2) is 0 Å². The SMILES string of the molecule is CC(C)(C)OC(=O)C1NCC12CCC(=O)CC2. The number of ether oxygens (including phenoxy) is 1. The maximum absolute atomic E-state index is 12.0. The summed E-state index contributed by atoms with van der Waals surface area (Å²) in [7, 11) is 0. The van der Waals surface area contributed by atoms with Crippen molar-refractivity contribution in [1.82, 2.24) is 5.32 Å². The fraction of sp³-hybridized carbons (Fsp3) is 0.846. The Balaban J connectivity index is 1.98. The number of carbonyl (C=O) groups is 2. The van der Waals surface area contributed by atoms with Gasteiger partial charge in [0.2, 0.25) is 0 Å². The molecule has 1 spiro atoms. The predicted molar refractivity (Wildman–Crippen MR) is 63.5 cm³/mol. The highest BCUT2D eigenvalue weighted by atomic mass is 16.6. The third-order valence-corrected chi connectivity index (χ3v) is 3.72. The number of Topliss-reactive ketones (excluding diaryl/α,β-unsaturated/α-hetero) is 1. The standard InChI is InChI=1S/C13H21NO3/c1-12(2,3)17-11(16)10-13(8-14-10)6-4-9(15)5-7-13/h10,14H,4-8H2,1-3H3. The third-order valence-electron chi connectivity index (χ3n) is 3.72. The monoisotopic (exact) mass is 239 g/mol. The van der Waals surface area contributed by atoms with Gasteiger partial charge in [0.25, 0.3) is 0 Å². The summed E-state index contributed by atoms with van der Waals surface area (Å²) < 4.78 is 5.41. The number of hydrogen-bond donors (Lipinski definition) is 1. The van der Waals surface area contributed by atoms with Gasteiger partial charge in [0.1, 0.15) is 17.4 Å². The van der Waals surface area contributed by atoms with Gasteiger partial charge in [-0.15, -0.1) is 0 Å². The van der Waals surface area contributed by atoms with Crippen molar-refractivity contribution < 1.29 is 14.3 Å². The molecule has 1 aliphatic heterocycles. The lowest BCUT2D eigenvalue weighted by Gasteiger charge is -2.51. The van der Waals surface area contributed by atoms with E-state index in [1.165, 1.54) is 0 Å². The van der Waals surface area contributed by atoms with E-state index < -0.39 is 5.60 Å². The molecule has 0 bridgehead atoms. The van der Waals surface area contributed by atoms with Crippen molar-refractivity contribution in [1.29, 1.82) is 0 Å². The first-order valence-corrected chi connectivity index (χ1v) is 6.30. The molecule has 4 heteroatoms. The highest BCUT2D eigenvalue weighted by Gasteiger charge is 2.52. The van der Waals surface area contributed by atoms with Gasteiger partial charge in [0, 0.05) is 24.8 Å². The summed E-state index contributed by atoms with van der Waals surface area (Å²) in [5.74, 6) is 0.156. The Bertz CT molecular complexity index is 333. The van der Waals surface area contributed by atoms with Crippen LogP contribution < -0.4 is 5.32 Å². The van der Waals surface area contributed by atoms with Crippen LogP contribution in [0.15, 0.2) is 0 Å². The Labute approximate surface area is 102 Å². The highest BCUT2D eigenvalue weighted by Crippen LogP contribution is 2.43. The van der Waals surface area contributed by atoms with Gasteiger partial charge >= 0.3 is 5.97 Å². The molecule has 4 nitrogen and oxygen atoms in total. The van der Waals surface area contributed by atoms with Crippen molar-refractivity contribution in [3.63, 3.8) is 0 Å². The molecule has 17 heavy (non-hydrogen) atoms. The second-order valence-electron chi connectivity index (χ2n) is 6.25. The summed E-state index contributed by atoms with van der Waals surface area (Å²) in [6.07, 6.45) is 2.87. The lowest BCUT2D eigenvalue weighted by atomic mass is 9.64. The van der Waals surface area contributed by atoms with E-state index in [-0.39, 0.29) is 17.4 Å². The van der Waals surface area contributed by atoms with E-state index in [1.807, 2.05) is 20.8 Å². The summed E-state index contributed by atoms with van der Waals surface area (Å²) in [6.45, 7) is 6.46. The minimum atomic E-state index is -0.444. The van der Waals surface area contributed by atoms with Crippen molar-refractivity contribution in [3.8, 4) is 0 Å². The lowest BCUT2D eigenvalue weighted by molar-refractivity contribution is -0.168. The molecule has 1 saturated carbocycles. The van der Waals surface area contributed by atoms with Gasteiger partial charge < -0.3 is 10.1 Å². The largest absolute Gasteiger partial charge is 0.459 e. The Morgan fingerprint density at radius 2 is 1.94 bits per heavy atom. The molecule has 0 aromatic carbocycles. The van der Waals surface area contributed by atoms with Crippen LogP contribution >= 0.6 is 0 Å². The van der Waals surface area contributed by atoms with Crippen molar-refractivity contribution >= 4 is 11.8 Å². The molecule has 1 unspecified atom stereocenters. The second kappa shape index (κ2) is 4.09. The molecule has 1 atom stereocenters. The molecule has 1 aliphatic carbocycles. The van der Waals surface area contributed by atoms with Gasteiger partial charge in [-0.3, -0.25) is 9.59 Å². The normalized spacial score (nSPS) is 27.7. The maximum atomic E-state index is 12.0. The first kappa shape index (κ1) is 12.6. The molecular weight excluding hydrogens is 218 g/mol. The minimum absolute atomic E-state index is 0.0176. The van der Waals surface area contributed by atoms with Crippen LogP contribution in [0.5, 0.6) is 0 Å². The first-order chi connectivity index (χ1) is 7.82. The molecular formula is C13H21NO3. The summed E-state index contributed by atoms with van der Waals surface area (Å²) in [6, 6.07) is -0.213. The van der Waals surface area contributed by atoms with Gasteiger partial charge in [-0.05, 0) is 33.6 Å². The number of carbonyl (C=O) groups excluding carboxylic acids is 2. The number of ketones is 1. The zero-order valence-corrected chi connectivity index (χ0v) is 10.8. The summed E-state index contributed by atoms with van der Waals surface area (Å²) >= 11 is 0. The Kier molecular flexibility index (Phi) is 3.02. The summed E-state index contributed by atoms with van der Waals surface area (Å²) in [5.41, 5.74) is -0.462. The Hall–Kier alpha value is -0.900. The molecule has 2 fully saturated rings. The van der Waals surface area contributed by atoms with Crippen LogP contribution in [0.3, 0.4) is 0 Å². The molecule has 0 amide bonds. The van der Waals surface area contributed by atoms with E-state index >= 15 is 0 Å². The van der Waals surface area contributed by atoms with Crippen LogP contribution in [0.1, 0.15) is 46.5 Å². The Morgan fingerprint density at radius 3 is 2.35 bits per heavy atom. The van der Waals surface area contributed by atoms with Crippen LogP contribution in [0.25, 0.3) is 0 Å². The van der Waals surface area contributed by atoms with E-state index in [4.69, 9.17) is 4.74 Å². The van der Waals surface area contributed by atoms with Gasteiger partial charge in [-0.25, -0.2) is 0 Å². The van der Waals surface area contributed by atoms with E-state index in [1.54, 1.807) is 0 Å². The zero-order valence-electron chi connectivity index (χ0n) is 10.8. The van der Waals surface area contributed by atoms with Crippen molar-refractivity contribution in [2.75, 3.05) is 6.54 Å². The lowest BCUT2D eigenvalue weighted by Crippen LogP contribution is -2.67. The van der Waals surface area contributed by atoms with Gasteiger partial charge in [-0.2, -0.15) is 0 Å².